The van der Waals surface area contributed by atoms with E-state index in [1.807, 2.05) is 13.0 Å². The predicted octanol–water partition coefficient (Wildman–Crippen LogP) is 4.50. The van der Waals surface area contributed by atoms with E-state index in [0.29, 0.717) is 28.7 Å². The Morgan fingerprint density at radius 2 is 2.13 bits per heavy atom. The zero-order chi connectivity index (χ0) is 21.8. The van der Waals surface area contributed by atoms with Crippen molar-refractivity contribution in [2.45, 2.75) is 32.8 Å². The number of halogens is 2. The number of ether oxygens (including phenoxy) is 1. The molecule has 0 aliphatic rings. The second-order valence-corrected chi connectivity index (χ2v) is 7.91. The van der Waals surface area contributed by atoms with Gasteiger partial charge in [-0.15, -0.1) is 0 Å². The number of hydrogen-bond donors (Lipinski definition) is 1. The van der Waals surface area contributed by atoms with E-state index in [2.05, 4.69) is 26.0 Å². The Morgan fingerprint density at radius 3 is 2.80 bits per heavy atom. The van der Waals surface area contributed by atoms with Crippen LogP contribution in [0.2, 0.25) is 5.02 Å². The first-order valence-corrected chi connectivity index (χ1v) is 10.4. The third-order valence-electron chi connectivity index (χ3n) is 4.28. The number of nitrogens with zero attached hydrogens (tertiary/aromatic N) is 3. The van der Waals surface area contributed by atoms with Crippen molar-refractivity contribution < 1.29 is 14.6 Å². The van der Waals surface area contributed by atoms with Crippen molar-refractivity contribution >= 4 is 50.6 Å². The molecule has 0 saturated carbocycles. The summed E-state index contributed by atoms with van der Waals surface area (Å²) in [6, 6.07) is 10.2. The Labute approximate surface area is 186 Å². The molecule has 0 saturated heterocycles. The second-order valence-electron chi connectivity index (χ2n) is 6.59. The van der Waals surface area contributed by atoms with E-state index in [0.717, 1.165) is 10.9 Å². The molecule has 0 unspecified atom stereocenters. The summed E-state index contributed by atoms with van der Waals surface area (Å²) in [6.07, 6.45) is 1.88. The number of rotatable bonds is 7. The number of aryl methyl sites for hydroxylation is 1. The van der Waals surface area contributed by atoms with Gasteiger partial charge >= 0.3 is 5.97 Å². The van der Waals surface area contributed by atoms with Crippen LogP contribution in [-0.2, 0) is 11.2 Å². The quantitative estimate of drug-likeness (QED) is 0.490. The van der Waals surface area contributed by atoms with Crippen LogP contribution in [0.25, 0.3) is 10.9 Å². The first-order valence-electron chi connectivity index (χ1n) is 9.24. The van der Waals surface area contributed by atoms with Crippen molar-refractivity contribution in [1.82, 2.24) is 9.66 Å². The average Bonchev–Trinajstić information content (AvgIpc) is 2.70. The van der Waals surface area contributed by atoms with Crippen LogP contribution in [0, 0.1) is 0 Å². The van der Waals surface area contributed by atoms with Gasteiger partial charge in [-0.05, 0) is 55.3 Å². The summed E-state index contributed by atoms with van der Waals surface area (Å²) in [5.41, 5.74) is 0.983. The zero-order valence-electron chi connectivity index (χ0n) is 16.3. The van der Waals surface area contributed by atoms with Gasteiger partial charge in [0.1, 0.15) is 11.6 Å². The highest BCUT2D eigenvalue weighted by atomic mass is 79.9. The number of carbonyl (C=O) groups is 1. The molecule has 0 radical (unpaired) electrons. The molecule has 0 bridgehead atoms. The molecule has 2 aromatic carbocycles. The number of carboxylic acids is 1. The van der Waals surface area contributed by atoms with Crippen LogP contribution in [0.4, 0.5) is 0 Å². The number of fused-ring (bicyclic) bond motifs is 1. The fraction of sp³-hybridized carbons (Fsp3) is 0.238. The van der Waals surface area contributed by atoms with Gasteiger partial charge in [-0.1, -0.05) is 34.5 Å². The zero-order valence-corrected chi connectivity index (χ0v) is 18.6. The van der Waals surface area contributed by atoms with Crippen molar-refractivity contribution in [3.63, 3.8) is 0 Å². The third kappa shape index (κ3) is 4.88. The van der Waals surface area contributed by atoms with Crippen LogP contribution in [0.3, 0.4) is 0 Å². The normalized spacial score (nSPS) is 12.4. The summed E-state index contributed by atoms with van der Waals surface area (Å²) < 4.78 is 7.39. The van der Waals surface area contributed by atoms with Gasteiger partial charge in [0.15, 0.2) is 6.10 Å². The van der Waals surface area contributed by atoms with Crippen molar-refractivity contribution in [1.29, 1.82) is 0 Å². The highest BCUT2D eigenvalue weighted by molar-refractivity contribution is 9.10. The number of aromatic nitrogens is 2. The highest BCUT2D eigenvalue weighted by Crippen LogP contribution is 2.26. The summed E-state index contributed by atoms with van der Waals surface area (Å²) >= 11 is 9.58. The van der Waals surface area contributed by atoms with E-state index in [1.165, 1.54) is 17.8 Å². The maximum Gasteiger partial charge on any atom is 0.344 e. The summed E-state index contributed by atoms with van der Waals surface area (Å²) in [6.45, 7) is 3.42. The minimum atomic E-state index is -1.09. The molecule has 7 nitrogen and oxygen atoms in total. The van der Waals surface area contributed by atoms with E-state index in [9.17, 15) is 9.59 Å². The van der Waals surface area contributed by atoms with Crippen LogP contribution >= 0.6 is 27.5 Å². The smallest absolute Gasteiger partial charge is 0.344 e. The standard InChI is InChI=1S/C21H19BrClN3O4/c1-3-4-19-25-17-7-6-14(22)10-15(17)20(27)26(19)24-11-13-5-8-18(16(23)9-13)30-12(2)21(28)29/h5-12H,3-4H2,1-2H3,(H,28,29)/t12-/m1/s1. The molecule has 0 amide bonds. The lowest BCUT2D eigenvalue weighted by molar-refractivity contribution is -0.144. The lowest BCUT2D eigenvalue weighted by atomic mass is 10.2. The summed E-state index contributed by atoms with van der Waals surface area (Å²) in [5.74, 6) is -0.269. The Kier molecular flexibility index (Phi) is 6.89. The lowest BCUT2D eigenvalue weighted by Gasteiger charge is -2.12. The molecule has 30 heavy (non-hydrogen) atoms. The largest absolute Gasteiger partial charge is 0.479 e. The molecular formula is C21H19BrClN3O4. The summed E-state index contributed by atoms with van der Waals surface area (Å²) in [4.78, 5) is 28.5. The molecule has 0 fully saturated rings. The van der Waals surface area contributed by atoms with E-state index < -0.39 is 12.1 Å². The Balaban J connectivity index is 1.98. The lowest BCUT2D eigenvalue weighted by Crippen LogP contribution is -2.23. The van der Waals surface area contributed by atoms with Crippen LogP contribution in [-0.4, -0.2) is 33.1 Å². The van der Waals surface area contributed by atoms with Gasteiger partial charge in [-0.3, -0.25) is 4.79 Å². The maximum atomic E-state index is 13.0. The number of hydrogen-bond acceptors (Lipinski definition) is 5. The number of aliphatic carboxylic acids is 1. The van der Waals surface area contributed by atoms with Gasteiger partial charge in [0.25, 0.3) is 5.56 Å². The van der Waals surface area contributed by atoms with Crippen molar-refractivity contribution in [3.05, 3.63) is 67.6 Å². The first-order chi connectivity index (χ1) is 14.3. The molecule has 1 aromatic heterocycles. The minimum Gasteiger partial charge on any atom is -0.479 e. The fourth-order valence-corrected chi connectivity index (χ4v) is 3.35. The molecule has 3 rings (SSSR count). The first kappa shape index (κ1) is 22.0. The molecule has 1 N–H and O–H groups in total. The minimum absolute atomic E-state index is 0.244. The summed E-state index contributed by atoms with van der Waals surface area (Å²) in [7, 11) is 0. The van der Waals surface area contributed by atoms with Gasteiger partial charge in [0.2, 0.25) is 0 Å². The van der Waals surface area contributed by atoms with Crippen molar-refractivity contribution in [2.24, 2.45) is 5.10 Å². The fourth-order valence-electron chi connectivity index (χ4n) is 2.76. The predicted molar refractivity (Wildman–Crippen MR) is 120 cm³/mol. The van der Waals surface area contributed by atoms with Gasteiger partial charge < -0.3 is 9.84 Å². The molecule has 3 aromatic rings. The Hall–Kier alpha value is -2.71. The molecule has 0 aliphatic heterocycles. The molecule has 1 heterocycles. The van der Waals surface area contributed by atoms with Crippen LogP contribution in [0.15, 0.2) is 50.8 Å². The van der Waals surface area contributed by atoms with Crippen molar-refractivity contribution in [2.75, 3.05) is 0 Å². The molecule has 9 heteroatoms. The second kappa shape index (κ2) is 9.40. The molecule has 0 aliphatic carbocycles. The molecular weight excluding hydrogens is 474 g/mol. The van der Waals surface area contributed by atoms with E-state index in [4.69, 9.17) is 21.4 Å². The van der Waals surface area contributed by atoms with Crippen LogP contribution in [0.5, 0.6) is 5.75 Å². The number of benzene rings is 2. The Morgan fingerprint density at radius 1 is 1.37 bits per heavy atom. The van der Waals surface area contributed by atoms with Crippen LogP contribution < -0.4 is 10.3 Å². The molecule has 0 spiro atoms. The summed E-state index contributed by atoms with van der Waals surface area (Å²) in [5, 5.41) is 14.0. The SMILES string of the molecule is CCCc1nc2ccc(Br)cc2c(=O)n1N=Cc1ccc(O[C@H](C)C(=O)O)c(Cl)c1. The van der Waals surface area contributed by atoms with Crippen LogP contribution in [0.1, 0.15) is 31.7 Å². The maximum absolute atomic E-state index is 13.0. The van der Waals surface area contributed by atoms with Gasteiger partial charge in [0, 0.05) is 10.9 Å². The third-order valence-corrected chi connectivity index (χ3v) is 5.07. The average molecular weight is 493 g/mol. The number of carboxylic acid groups (broad SMARTS) is 1. The molecule has 156 valence electrons. The van der Waals surface area contributed by atoms with Gasteiger partial charge in [-0.2, -0.15) is 9.78 Å². The molecule has 1 atom stereocenters. The highest BCUT2D eigenvalue weighted by Gasteiger charge is 2.15. The van der Waals surface area contributed by atoms with Gasteiger partial charge in [0.05, 0.1) is 22.1 Å². The Bertz CT molecular complexity index is 1190. The topological polar surface area (TPSA) is 93.8 Å². The van der Waals surface area contributed by atoms with E-state index in [-0.39, 0.29) is 16.3 Å². The van der Waals surface area contributed by atoms with Crippen molar-refractivity contribution in [3.8, 4) is 5.75 Å². The van der Waals surface area contributed by atoms with Gasteiger partial charge in [-0.25, -0.2) is 9.78 Å². The van der Waals surface area contributed by atoms with E-state index >= 15 is 0 Å². The monoisotopic (exact) mass is 491 g/mol. The van der Waals surface area contributed by atoms with E-state index in [1.54, 1.807) is 30.3 Å².